The zero-order valence-electron chi connectivity index (χ0n) is 27.8. The molecule has 12 heteroatoms. The van der Waals surface area contributed by atoms with E-state index >= 15 is 0 Å². The highest BCUT2D eigenvalue weighted by molar-refractivity contribution is 6.37. The van der Waals surface area contributed by atoms with Crippen LogP contribution in [0.3, 0.4) is 0 Å². The van der Waals surface area contributed by atoms with E-state index in [9.17, 15) is 28.8 Å². The summed E-state index contributed by atoms with van der Waals surface area (Å²) in [5.74, 6) is -3.49. The molecule has 1 aliphatic carbocycles. The molecule has 5 atom stereocenters. The van der Waals surface area contributed by atoms with Crippen LogP contribution in [0.1, 0.15) is 90.3 Å². The van der Waals surface area contributed by atoms with E-state index in [-0.39, 0.29) is 41.7 Å². The lowest BCUT2D eigenvalue weighted by Gasteiger charge is -2.37. The number of aryl methyl sites for hydroxylation is 1. The van der Waals surface area contributed by atoms with Gasteiger partial charge in [0.2, 0.25) is 23.4 Å². The SMILES string of the molecule is Cc1cccc(C(=O)[C@@H](NC(=O)N[C@H](C(=O)N2CC[C@H](C(C)C)[C@H]2C(=O)NC(CC2CC2)C(=O)C(N)=O)C(C)(C)C)C(C)C)n1. The number of pyridine rings is 1. The molecule has 248 valence electrons. The van der Waals surface area contributed by atoms with Gasteiger partial charge >= 0.3 is 6.03 Å². The number of hydrogen-bond donors (Lipinski definition) is 4. The Kier molecular flexibility index (Phi) is 11.5. The Hall–Kier alpha value is -3.83. The summed E-state index contributed by atoms with van der Waals surface area (Å²) in [4.78, 5) is 84.8. The molecule has 5 amide bonds. The quantitative estimate of drug-likeness (QED) is 0.192. The Labute approximate surface area is 266 Å². The number of nitrogens with one attached hydrogen (secondary N) is 3. The van der Waals surface area contributed by atoms with Gasteiger partial charge in [0.05, 0.1) is 12.1 Å². The normalized spacial score (nSPS) is 20.4. The second-order valence-electron chi connectivity index (χ2n) is 14.3. The fourth-order valence-corrected chi connectivity index (χ4v) is 5.95. The minimum Gasteiger partial charge on any atom is -0.363 e. The van der Waals surface area contributed by atoms with E-state index in [0.29, 0.717) is 18.5 Å². The molecule has 0 bridgehead atoms. The van der Waals surface area contributed by atoms with Crippen LogP contribution in [-0.4, -0.2) is 75.9 Å². The molecule has 1 aliphatic heterocycles. The first-order chi connectivity index (χ1) is 20.9. The lowest BCUT2D eigenvalue weighted by atomic mass is 9.84. The van der Waals surface area contributed by atoms with E-state index in [1.165, 1.54) is 4.90 Å². The Balaban J connectivity index is 1.83. The van der Waals surface area contributed by atoms with Crippen molar-refractivity contribution >= 4 is 35.3 Å². The molecule has 12 nitrogen and oxygen atoms in total. The number of urea groups is 1. The first-order valence-corrected chi connectivity index (χ1v) is 15.9. The molecule has 2 heterocycles. The maximum atomic E-state index is 14.2. The second-order valence-corrected chi connectivity index (χ2v) is 14.3. The predicted molar refractivity (Wildman–Crippen MR) is 169 cm³/mol. The summed E-state index contributed by atoms with van der Waals surface area (Å²) in [7, 11) is 0. The van der Waals surface area contributed by atoms with Gasteiger partial charge < -0.3 is 26.6 Å². The van der Waals surface area contributed by atoms with Crippen molar-refractivity contribution in [1.29, 1.82) is 0 Å². The fraction of sp³-hybridized carbons (Fsp3) is 0.667. The van der Waals surface area contributed by atoms with E-state index in [2.05, 4.69) is 20.9 Å². The van der Waals surface area contributed by atoms with Crippen LogP contribution in [0.4, 0.5) is 4.79 Å². The maximum absolute atomic E-state index is 14.2. The van der Waals surface area contributed by atoms with Crippen LogP contribution in [0.2, 0.25) is 0 Å². The molecule has 45 heavy (non-hydrogen) atoms. The maximum Gasteiger partial charge on any atom is 0.316 e. The molecule has 2 fully saturated rings. The second kappa shape index (κ2) is 14.5. The van der Waals surface area contributed by atoms with E-state index in [4.69, 9.17) is 5.73 Å². The molecule has 3 rings (SSSR count). The smallest absolute Gasteiger partial charge is 0.316 e. The number of rotatable bonds is 13. The molecular formula is C33H50N6O6. The first kappa shape index (κ1) is 35.6. The van der Waals surface area contributed by atoms with Crippen LogP contribution in [0.15, 0.2) is 18.2 Å². The van der Waals surface area contributed by atoms with Gasteiger partial charge in [-0.05, 0) is 61.0 Å². The average molecular weight is 627 g/mol. The van der Waals surface area contributed by atoms with Gasteiger partial charge in [-0.2, -0.15) is 0 Å². The molecule has 0 aromatic carbocycles. The van der Waals surface area contributed by atoms with Gasteiger partial charge in [0.1, 0.15) is 17.8 Å². The summed E-state index contributed by atoms with van der Waals surface area (Å²) in [6.45, 7) is 15.0. The van der Waals surface area contributed by atoms with Crippen LogP contribution in [0.25, 0.3) is 0 Å². The number of aromatic nitrogens is 1. The Morgan fingerprint density at radius 3 is 2.13 bits per heavy atom. The van der Waals surface area contributed by atoms with Crippen molar-refractivity contribution in [2.24, 2.45) is 34.8 Å². The van der Waals surface area contributed by atoms with Crippen molar-refractivity contribution in [1.82, 2.24) is 25.8 Å². The summed E-state index contributed by atoms with van der Waals surface area (Å²) < 4.78 is 0. The number of Topliss-reactive ketones (excluding diaryl/α,β-unsaturated/α-hetero) is 2. The number of carbonyl (C=O) groups excluding carboxylic acids is 6. The van der Waals surface area contributed by atoms with Crippen LogP contribution in [-0.2, 0) is 19.2 Å². The molecule has 2 aliphatic rings. The van der Waals surface area contributed by atoms with Crippen molar-refractivity contribution in [2.45, 2.75) is 105 Å². The molecular weight excluding hydrogens is 576 g/mol. The van der Waals surface area contributed by atoms with Gasteiger partial charge in [0.25, 0.3) is 5.91 Å². The van der Waals surface area contributed by atoms with E-state index in [1.54, 1.807) is 45.9 Å². The minimum atomic E-state index is -1.11. The van der Waals surface area contributed by atoms with Crippen molar-refractivity contribution in [3.63, 3.8) is 0 Å². The number of hydrogen-bond acceptors (Lipinski definition) is 7. The largest absolute Gasteiger partial charge is 0.363 e. The van der Waals surface area contributed by atoms with Crippen LogP contribution in [0.5, 0.6) is 0 Å². The van der Waals surface area contributed by atoms with E-state index < -0.39 is 59.1 Å². The number of likely N-dealkylation sites (tertiary alicyclic amines) is 1. The molecule has 1 unspecified atom stereocenters. The zero-order valence-corrected chi connectivity index (χ0v) is 27.8. The van der Waals surface area contributed by atoms with Gasteiger partial charge in [0.15, 0.2) is 0 Å². The standard InChI is InChI=1S/C33H50N6O6/c1-17(2)21-14-15-39(25(21)30(43)36-23(16-20-12-13-20)27(41)29(34)42)31(44)28(33(6,7)8)38-32(45)37-24(18(3)4)26(40)22-11-9-10-19(5)35-22/h9-11,17-18,20-21,23-25,28H,12-16H2,1-8H3,(H2,34,42)(H,36,43)(H2,37,38,45)/t21-,23?,24+,25+,28-/m1/s1. The minimum absolute atomic E-state index is 0.0321. The predicted octanol–water partition coefficient (Wildman–Crippen LogP) is 2.52. The van der Waals surface area contributed by atoms with Crippen molar-refractivity contribution in [3.05, 3.63) is 29.6 Å². The van der Waals surface area contributed by atoms with Gasteiger partial charge in [0, 0.05) is 12.2 Å². The molecule has 5 N–H and O–H groups in total. The summed E-state index contributed by atoms with van der Waals surface area (Å²) >= 11 is 0. The third-order valence-corrected chi connectivity index (χ3v) is 8.76. The van der Waals surface area contributed by atoms with Crippen LogP contribution < -0.4 is 21.7 Å². The number of ketones is 2. The molecule has 0 radical (unpaired) electrons. The number of primary amides is 1. The van der Waals surface area contributed by atoms with Crippen LogP contribution in [0, 0.1) is 36.0 Å². The van der Waals surface area contributed by atoms with Crippen molar-refractivity contribution in [2.75, 3.05) is 6.54 Å². The van der Waals surface area contributed by atoms with E-state index in [0.717, 1.165) is 12.8 Å². The highest BCUT2D eigenvalue weighted by Gasteiger charge is 2.48. The summed E-state index contributed by atoms with van der Waals surface area (Å²) in [6.07, 6.45) is 2.69. The molecule has 1 aromatic rings. The number of carbonyl (C=O) groups is 6. The number of amides is 5. The third kappa shape index (κ3) is 9.11. The summed E-state index contributed by atoms with van der Waals surface area (Å²) in [6, 6.07) is 0.508. The Morgan fingerprint density at radius 2 is 1.62 bits per heavy atom. The van der Waals surface area contributed by atoms with Crippen LogP contribution >= 0.6 is 0 Å². The highest BCUT2D eigenvalue weighted by Crippen LogP contribution is 2.35. The Morgan fingerprint density at radius 1 is 0.978 bits per heavy atom. The zero-order chi connectivity index (χ0) is 33.8. The van der Waals surface area contributed by atoms with Gasteiger partial charge in [-0.25, -0.2) is 9.78 Å². The van der Waals surface area contributed by atoms with Gasteiger partial charge in [-0.3, -0.25) is 24.0 Å². The molecule has 1 saturated heterocycles. The van der Waals surface area contributed by atoms with Crippen molar-refractivity contribution < 1.29 is 28.8 Å². The Bertz CT molecular complexity index is 1300. The van der Waals surface area contributed by atoms with E-state index in [1.807, 2.05) is 27.7 Å². The van der Waals surface area contributed by atoms with Gasteiger partial charge in [-0.1, -0.05) is 67.4 Å². The lowest BCUT2D eigenvalue weighted by Crippen LogP contribution is -2.62. The molecule has 1 aromatic heterocycles. The molecule has 0 spiro atoms. The third-order valence-electron chi connectivity index (χ3n) is 8.76. The van der Waals surface area contributed by atoms with Gasteiger partial charge in [-0.15, -0.1) is 0 Å². The topological polar surface area (TPSA) is 181 Å². The van der Waals surface area contributed by atoms with Crippen molar-refractivity contribution in [3.8, 4) is 0 Å². The lowest BCUT2D eigenvalue weighted by molar-refractivity contribution is -0.144. The summed E-state index contributed by atoms with van der Waals surface area (Å²) in [5, 5.41) is 8.28. The number of nitrogens with two attached hydrogens (primary N) is 1. The highest BCUT2D eigenvalue weighted by atomic mass is 16.2. The fourth-order valence-electron chi connectivity index (χ4n) is 5.95. The monoisotopic (exact) mass is 626 g/mol. The summed E-state index contributed by atoms with van der Waals surface area (Å²) in [5.41, 5.74) is 5.42. The first-order valence-electron chi connectivity index (χ1n) is 15.9. The molecule has 1 saturated carbocycles. The average Bonchev–Trinajstić information content (AvgIpc) is 3.65. The number of nitrogens with zero attached hydrogens (tertiary/aromatic N) is 2.